The first-order chi connectivity index (χ1) is 8.74. The number of methoxy groups -OCH3 is 2. The van der Waals surface area contributed by atoms with Crippen LogP contribution in [0.5, 0.6) is 5.75 Å². The first-order valence-corrected chi connectivity index (χ1v) is 6.46. The van der Waals surface area contributed by atoms with Crippen LogP contribution in [0.2, 0.25) is 0 Å². The number of esters is 1. The van der Waals surface area contributed by atoms with E-state index in [2.05, 4.69) is 13.8 Å². The molecular weight excluding hydrogens is 240 g/mol. The van der Waals surface area contributed by atoms with Crippen LogP contribution in [0, 0.1) is 26.2 Å². The van der Waals surface area contributed by atoms with Crippen LogP contribution < -0.4 is 4.74 Å². The third-order valence-electron chi connectivity index (χ3n) is 3.78. The molecule has 0 bridgehead atoms. The van der Waals surface area contributed by atoms with Crippen molar-refractivity contribution in [3.8, 4) is 5.75 Å². The van der Waals surface area contributed by atoms with E-state index in [-0.39, 0.29) is 5.97 Å². The molecule has 1 aromatic rings. The predicted octanol–water partition coefficient (Wildman–Crippen LogP) is 3.36. The molecule has 0 saturated heterocycles. The van der Waals surface area contributed by atoms with Gasteiger partial charge in [-0.05, 0) is 69.4 Å². The minimum Gasteiger partial charge on any atom is -0.496 e. The van der Waals surface area contributed by atoms with Crippen molar-refractivity contribution >= 4 is 5.97 Å². The summed E-state index contributed by atoms with van der Waals surface area (Å²) in [5.74, 6) is 0.717. The number of aryl methyl sites for hydroxylation is 1. The normalized spacial score (nSPS) is 11.3. The summed E-state index contributed by atoms with van der Waals surface area (Å²) in [5, 5.41) is 0. The third-order valence-corrected chi connectivity index (χ3v) is 3.78. The van der Waals surface area contributed by atoms with E-state index in [4.69, 9.17) is 9.47 Å². The molecule has 1 aromatic carbocycles. The maximum Gasteiger partial charge on any atom is 0.311 e. The van der Waals surface area contributed by atoms with Crippen molar-refractivity contribution in [1.29, 1.82) is 0 Å². The van der Waals surface area contributed by atoms with Crippen molar-refractivity contribution in [3.63, 3.8) is 0 Å². The van der Waals surface area contributed by atoms with Gasteiger partial charge in [-0.2, -0.15) is 0 Å². The lowest BCUT2D eigenvalue weighted by atomic mass is 9.81. The molecule has 0 aliphatic rings. The molecule has 0 N–H and O–H groups in total. The molecule has 0 saturated carbocycles. The molecular formula is C16H24O3. The van der Waals surface area contributed by atoms with E-state index in [1.54, 1.807) is 7.11 Å². The van der Waals surface area contributed by atoms with Gasteiger partial charge < -0.3 is 9.47 Å². The van der Waals surface area contributed by atoms with Crippen molar-refractivity contribution in [3.05, 3.63) is 28.3 Å². The van der Waals surface area contributed by atoms with Gasteiger partial charge in [0, 0.05) is 0 Å². The van der Waals surface area contributed by atoms with Gasteiger partial charge in [0.25, 0.3) is 0 Å². The van der Waals surface area contributed by atoms with Crippen molar-refractivity contribution in [2.75, 3.05) is 14.2 Å². The van der Waals surface area contributed by atoms with Crippen LogP contribution in [0.3, 0.4) is 0 Å². The lowest BCUT2D eigenvalue weighted by Gasteiger charge is -2.25. The largest absolute Gasteiger partial charge is 0.496 e. The molecule has 19 heavy (non-hydrogen) atoms. The van der Waals surface area contributed by atoms with Crippen LogP contribution >= 0.6 is 0 Å². The molecule has 0 fully saturated rings. The van der Waals surface area contributed by atoms with Gasteiger partial charge in [-0.15, -0.1) is 0 Å². The van der Waals surface area contributed by atoms with Crippen molar-refractivity contribution < 1.29 is 14.3 Å². The zero-order valence-electron chi connectivity index (χ0n) is 13.0. The van der Waals surface area contributed by atoms with Gasteiger partial charge in [0.2, 0.25) is 0 Å². The molecule has 0 aliphatic heterocycles. The highest BCUT2D eigenvalue weighted by molar-refractivity contribution is 5.76. The molecule has 0 unspecified atom stereocenters. The van der Waals surface area contributed by atoms with Gasteiger partial charge in [-0.3, -0.25) is 4.79 Å². The van der Waals surface area contributed by atoms with Gasteiger partial charge in [-0.25, -0.2) is 0 Å². The van der Waals surface area contributed by atoms with Gasteiger partial charge in [0.1, 0.15) is 5.75 Å². The number of hydrogen-bond acceptors (Lipinski definition) is 3. The summed E-state index contributed by atoms with van der Waals surface area (Å²) in [4.78, 5) is 11.8. The van der Waals surface area contributed by atoms with Crippen LogP contribution in [0.4, 0.5) is 0 Å². The standard InChI is InChI=1S/C16H24O3/c1-10-8-14(18-6)12(3)11(2)13(10)9-16(4,5)15(17)19-7/h8H,9H2,1-7H3. The summed E-state index contributed by atoms with van der Waals surface area (Å²) < 4.78 is 10.2. The Kier molecular flexibility index (Phi) is 4.61. The smallest absolute Gasteiger partial charge is 0.311 e. The van der Waals surface area contributed by atoms with Gasteiger partial charge in [-0.1, -0.05) is 0 Å². The van der Waals surface area contributed by atoms with E-state index in [0.717, 1.165) is 16.9 Å². The zero-order chi connectivity index (χ0) is 14.8. The fourth-order valence-corrected chi connectivity index (χ4v) is 2.37. The molecule has 0 aliphatic carbocycles. The minimum absolute atomic E-state index is 0.181. The van der Waals surface area contributed by atoms with Crippen molar-refractivity contribution in [1.82, 2.24) is 0 Å². The summed E-state index contributed by atoms with van der Waals surface area (Å²) >= 11 is 0. The first kappa shape index (κ1) is 15.5. The molecule has 0 amide bonds. The van der Waals surface area contributed by atoms with E-state index in [9.17, 15) is 4.79 Å². The average molecular weight is 264 g/mol. The fraction of sp³-hybridized carbons (Fsp3) is 0.562. The maximum atomic E-state index is 11.8. The summed E-state index contributed by atoms with van der Waals surface area (Å²) in [6, 6.07) is 2.03. The van der Waals surface area contributed by atoms with Crippen LogP contribution in [0.1, 0.15) is 36.1 Å². The van der Waals surface area contributed by atoms with Gasteiger partial charge >= 0.3 is 5.97 Å². The highest BCUT2D eigenvalue weighted by Gasteiger charge is 2.30. The lowest BCUT2D eigenvalue weighted by molar-refractivity contribution is -0.150. The highest BCUT2D eigenvalue weighted by Crippen LogP contribution is 2.32. The Morgan fingerprint density at radius 2 is 1.74 bits per heavy atom. The molecule has 0 radical (unpaired) electrons. The summed E-state index contributed by atoms with van der Waals surface area (Å²) in [6.45, 7) is 10.0. The molecule has 0 spiro atoms. The Labute approximate surface area is 115 Å². The van der Waals surface area contributed by atoms with Crippen molar-refractivity contribution in [2.24, 2.45) is 5.41 Å². The van der Waals surface area contributed by atoms with E-state index in [0.29, 0.717) is 6.42 Å². The summed E-state index contributed by atoms with van der Waals surface area (Å²) in [5.41, 5.74) is 4.15. The van der Waals surface area contributed by atoms with E-state index < -0.39 is 5.41 Å². The number of hydrogen-bond donors (Lipinski definition) is 0. The molecule has 3 heteroatoms. The zero-order valence-corrected chi connectivity index (χ0v) is 13.0. The van der Waals surface area contributed by atoms with E-state index >= 15 is 0 Å². The predicted molar refractivity (Wildman–Crippen MR) is 76.7 cm³/mol. The van der Waals surface area contributed by atoms with Gasteiger partial charge in [0.15, 0.2) is 0 Å². The molecule has 3 nitrogen and oxygen atoms in total. The van der Waals surface area contributed by atoms with Crippen LogP contribution in [-0.4, -0.2) is 20.2 Å². The second kappa shape index (κ2) is 5.64. The highest BCUT2D eigenvalue weighted by atomic mass is 16.5. The third kappa shape index (κ3) is 3.09. The number of ether oxygens (including phenoxy) is 2. The summed E-state index contributed by atoms with van der Waals surface area (Å²) in [7, 11) is 3.11. The molecule has 0 atom stereocenters. The van der Waals surface area contributed by atoms with Gasteiger partial charge in [0.05, 0.1) is 19.6 Å². The Hall–Kier alpha value is -1.51. The van der Waals surface area contributed by atoms with Crippen LogP contribution in [-0.2, 0) is 16.0 Å². The average Bonchev–Trinajstić information content (AvgIpc) is 2.37. The molecule has 106 valence electrons. The van der Waals surface area contributed by atoms with Crippen LogP contribution in [0.15, 0.2) is 6.07 Å². The molecule has 0 aromatic heterocycles. The molecule has 0 heterocycles. The second-order valence-electron chi connectivity index (χ2n) is 5.68. The topological polar surface area (TPSA) is 35.5 Å². The number of rotatable bonds is 4. The number of benzene rings is 1. The molecule has 1 rings (SSSR count). The van der Waals surface area contributed by atoms with E-state index in [1.165, 1.54) is 18.2 Å². The Balaban J connectivity index is 3.23. The SMILES string of the molecule is COC(=O)C(C)(C)Cc1c(C)cc(OC)c(C)c1C. The van der Waals surface area contributed by atoms with Crippen molar-refractivity contribution in [2.45, 2.75) is 41.0 Å². The fourth-order valence-electron chi connectivity index (χ4n) is 2.37. The van der Waals surface area contributed by atoms with Crippen LogP contribution in [0.25, 0.3) is 0 Å². The first-order valence-electron chi connectivity index (χ1n) is 6.46. The quantitative estimate of drug-likeness (QED) is 0.782. The number of carbonyl (C=O) groups excluding carboxylic acids is 1. The Bertz CT molecular complexity index is 487. The Morgan fingerprint density at radius 3 is 2.21 bits per heavy atom. The summed E-state index contributed by atoms with van der Waals surface area (Å²) in [6.07, 6.45) is 0.669. The lowest BCUT2D eigenvalue weighted by Crippen LogP contribution is -2.28. The van der Waals surface area contributed by atoms with E-state index in [1.807, 2.05) is 26.8 Å². The minimum atomic E-state index is -0.523. The maximum absolute atomic E-state index is 11.8. The second-order valence-corrected chi connectivity index (χ2v) is 5.68. The Morgan fingerprint density at radius 1 is 1.16 bits per heavy atom. The number of carbonyl (C=O) groups is 1. The monoisotopic (exact) mass is 264 g/mol.